The van der Waals surface area contributed by atoms with Crippen LogP contribution in [0, 0.1) is 50.2 Å². The molecule has 0 amide bonds. The van der Waals surface area contributed by atoms with E-state index in [0.29, 0.717) is 38.5 Å². The Hall–Kier alpha value is -2.41. The number of methoxy groups -OCH3 is 1. The lowest BCUT2D eigenvalue weighted by Crippen LogP contribution is -2.69. The van der Waals surface area contributed by atoms with E-state index in [1.807, 2.05) is 0 Å². The molecule has 9 rings (SSSR count). The Kier molecular flexibility index (Phi) is 16.7. The monoisotopic (exact) mass is 1120 g/mol. The Morgan fingerprint density at radius 3 is 1.96 bits per heavy atom. The summed E-state index contributed by atoms with van der Waals surface area (Å²) < 4.78 is 52.7. The standard InChI is InChI=1S/C54H84O24/c1-22-31(59)34(62)38(66)44(72-22)76-41-32(60)25(57)20-71-46(41)78-48(69)54-16-15-49(2,3)17-24(54)23-9-10-28-50(4)13-12-30(51(5,21-56)27(50)11-14-52(28,6)53(23,7)18-29(54)58)74-47-42(37(65)36(64)40(75-47)43(68)70-8)77-45-39(67)35(63)33(61)26(19-55)73-45/h9,21-22,24-42,44-47,55,57-67H,10-20H2,1-8H3/t22-,24-,25-,26+,27+,28+,29+,30-,31-,32-,33-,34+,35-,36-,37-,38+,39+,40-,41+,42+,44-,45-,46-,47+,50-,51-,52+,53+,54+/m0/s1. The van der Waals surface area contributed by atoms with E-state index in [0.717, 1.165) is 19.0 Å². The van der Waals surface area contributed by atoms with E-state index in [4.69, 9.17) is 42.6 Å². The molecule has 4 saturated heterocycles. The lowest BCUT2D eigenvalue weighted by Gasteiger charge is -2.71. The van der Waals surface area contributed by atoms with Crippen LogP contribution in [0.25, 0.3) is 0 Å². The Morgan fingerprint density at radius 1 is 0.679 bits per heavy atom. The van der Waals surface area contributed by atoms with E-state index in [1.54, 1.807) is 6.92 Å². The molecule has 24 nitrogen and oxygen atoms in total. The highest BCUT2D eigenvalue weighted by Gasteiger charge is 2.73. The SMILES string of the molecule is COC(=O)[C@H]1O[C@@H](O[C@H]2CC[C@]3(C)[C@H]4CC=C5[C@@H]6CC(C)(C)CC[C@]6(C(=O)O[C@@H]6OC[C@H](O)[C@H](O)[C@H]6O[C@@H]6O[C@@H](C)[C@H](O)[C@@H](O)[C@H]6O)[C@H](O)C[C@@]5(C)[C@]4(C)CC[C@H]3[C@]2(C)C=O)[C@H](O[C@@H]2O[C@H](CO)[C@H](O)[C@H](O)[C@H]2O)[C@@H](O)[C@@H]1O. The molecule has 0 aromatic rings. The van der Waals surface area contributed by atoms with Crippen molar-refractivity contribution in [2.75, 3.05) is 20.3 Å². The lowest BCUT2D eigenvalue weighted by atomic mass is 9.33. The first kappa shape index (κ1) is 60.2. The molecule has 8 fully saturated rings. The zero-order valence-electron chi connectivity index (χ0n) is 45.6. The smallest absolute Gasteiger partial charge is 0.337 e. The molecule has 4 aliphatic heterocycles. The summed E-state index contributed by atoms with van der Waals surface area (Å²) in [6.45, 7) is 12.8. The van der Waals surface area contributed by atoms with E-state index < -0.39 is 187 Å². The number of hydrogen-bond donors (Lipinski definition) is 12. The third-order valence-corrected chi connectivity index (χ3v) is 21.1. The second-order valence-electron chi connectivity index (χ2n) is 25.8. The zero-order chi connectivity index (χ0) is 57.1. The van der Waals surface area contributed by atoms with Crippen LogP contribution in [-0.4, -0.2) is 229 Å². The summed E-state index contributed by atoms with van der Waals surface area (Å²) in [7, 11) is 1.06. The van der Waals surface area contributed by atoms with Gasteiger partial charge in [0.1, 0.15) is 84.9 Å². The molecule has 444 valence electrons. The highest BCUT2D eigenvalue weighted by molar-refractivity contribution is 5.80. The maximum absolute atomic E-state index is 15.2. The molecule has 0 spiro atoms. The number of rotatable bonds is 11. The van der Waals surface area contributed by atoms with Crippen molar-refractivity contribution in [2.24, 2.45) is 50.2 Å². The van der Waals surface area contributed by atoms with Gasteiger partial charge in [0.05, 0.1) is 44.1 Å². The summed E-state index contributed by atoms with van der Waals surface area (Å²) in [5.74, 6) is -2.81. The van der Waals surface area contributed by atoms with Gasteiger partial charge in [0.15, 0.2) is 31.1 Å². The van der Waals surface area contributed by atoms with Crippen LogP contribution < -0.4 is 0 Å². The van der Waals surface area contributed by atoms with Gasteiger partial charge in [-0.25, -0.2) is 4.79 Å². The summed E-state index contributed by atoms with van der Waals surface area (Å²) in [5, 5.41) is 131. The maximum Gasteiger partial charge on any atom is 0.337 e. The minimum Gasteiger partial charge on any atom is -0.467 e. The zero-order valence-corrected chi connectivity index (χ0v) is 45.6. The number of aliphatic hydroxyl groups is 12. The molecular weight excluding hydrogens is 1030 g/mol. The first-order chi connectivity index (χ1) is 36.5. The minimum atomic E-state index is -1.96. The number of aliphatic hydroxyl groups excluding tert-OH is 12. The second kappa shape index (κ2) is 21.7. The van der Waals surface area contributed by atoms with Crippen LogP contribution in [0.3, 0.4) is 0 Å². The number of fused-ring (bicyclic) bond motifs is 7. The van der Waals surface area contributed by atoms with Gasteiger partial charge in [0.2, 0.25) is 6.29 Å². The fourth-order valence-electron chi connectivity index (χ4n) is 16.2. The quantitative estimate of drug-likeness (QED) is 0.0459. The van der Waals surface area contributed by atoms with Crippen molar-refractivity contribution in [3.05, 3.63) is 11.6 Å². The fraction of sp³-hybridized carbons (Fsp3) is 0.907. The predicted octanol–water partition coefficient (Wildman–Crippen LogP) is -2.04. The van der Waals surface area contributed by atoms with Crippen molar-refractivity contribution in [3.8, 4) is 0 Å². The normalized spacial score (nSPS) is 54.0. The Labute approximate surface area is 452 Å². The largest absolute Gasteiger partial charge is 0.467 e. The van der Waals surface area contributed by atoms with Crippen LogP contribution in [0.2, 0.25) is 0 Å². The van der Waals surface area contributed by atoms with Crippen molar-refractivity contribution < 1.29 is 118 Å². The van der Waals surface area contributed by atoms with Gasteiger partial charge >= 0.3 is 11.9 Å². The van der Waals surface area contributed by atoms with Crippen LogP contribution in [0.5, 0.6) is 0 Å². The molecule has 0 aromatic heterocycles. The molecule has 9 aliphatic rings. The number of hydrogen-bond acceptors (Lipinski definition) is 24. The molecule has 78 heavy (non-hydrogen) atoms. The summed E-state index contributed by atoms with van der Waals surface area (Å²) in [5.41, 5.74) is -3.80. The molecule has 29 atom stereocenters. The fourth-order valence-corrected chi connectivity index (χ4v) is 16.2. The minimum absolute atomic E-state index is 0.0870. The summed E-state index contributed by atoms with van der Waals surface area (Å²) in [6.07, 6.45) is -27.2. The summed E-state index contributed by atoms with van der Waals surface area (Å²) >= 11 is 0. The van der Waals surface area contributed by atoms with E-state index >= 15 is 4.79 Å². The number of aldehydes is 1. The number of ether oxygens (including phenoxy) is 9. The first-order valence-corrected chi connectivity index (χ1v) is 27.6. The highest BCUT2D eigenvalue weighted by Crippen LogP contribution is 2.76. The number of allylic oxidation sites excluding steroid dienone is 2. The van der Waals surface area contributed by atoms with Crippen LogP contribution in [-0.2, 0) is 57.0 Å². The van der Waals surface area contributed by atoms with Crippen molar-refractivity contribution in [1.82, 2.24) is 0 Å². The van der Waals surface area contributed by atoms with Crippen LogP contribution in [0.4, 0.5) is 0 Å². The van der Waals surface area contributed by atoms with Crippen LogP contribution in [0.1, 0.15) is 106 Å². The van der Waals surface area contributed by atoms with E-state index in [9.17, 15) is 70.9 Å². The van der Waals surface area contributed by atoms with E-state index in [2.05, 4.69) is 40.7 Å². The van der Waals surface area contributed by atoms with Gasteiger partial charge in [0, 0.05) is 0 Å². The Morgan fingerprint density at radius 2 is 1.32 bits per heavy atom. The average molecular weight is 1120 g/mol. The third kappa shape index (κ3) is 9.45. The van der Waals surface area contributed by atoms with Crippen LogP contribution >= 0.6 is 0 Å². The molecule has 0 aromatic carbocycles. The molecule has 0 unspecified atom stereocenters. The van der Waals surface area contributed by atoms with Crippen LogP contribution in [0.15, 0.2) is 11.6 Å². The molecule has 4 saturated carbocycles. The van der Waals surface area contributed by atoms with Crippen molar-refractivity contribution >= 4 is 18.2 Å². The second-order valence-corrected chi connectivity index (χ2v) is 25.8. The van der Waals surface area contributed by atoms with Crippen molar-refractivity contribution in [3.63, 3.8) is 0 Å². The molecular formula is C54H84O24. The Bertz CT molecular complexity index is 2230. The molecule has 5 aliphatic carbocycles. The van der Waals surface area contributed by atoms with E-state index in [-0.39, 0.29) is 36.5 Å². The molecule has 0 radical (unpaired) electrons. The van der Waals surface area contributed by atoms with Crippen molar-refractivity contribution in [2.45, 2.75) is 235 Å². The third-order valence-electron chi connectivity index (χ3n) is 21.1. The highest BCUT2D eigenvalue weighted by atomic mass is 16.8. The molecule has 0 bridgehead atoms. The van der Waals surface area contributed by atoms with Gasteiger partial charge in [-0.2, -0.15) is 0 Å². The summed E-state index contributed by atoms with van der Waals surface area (Å²) in [4.78, 5) is 42.0. The number of carbonyl (C=O) groups excluding carboxylic acids is 3. The van der Waals surface area contributed by atoms with Crippen molar-refractivity contribution in [1.29, 1.82) is 0 Å². The summed E-state index contributed by atoms with van der Waals surface area (Å²) in [6, 6.07) is 0. The molecule has 12 N–H and O–H groups in total. The van der Waals surface area contributed by atoms with Gasteiger partial charge in [-0.05, 0) is 104 Å². The topological polar surface area (TPSA) is 377 Å². The van der Waals surface area contributed by atoms with Gasteiger partial charge in [-0.15, -0.1) is 0 Å². The van der Waals surface area contributed by atoms with Gasteiger partial charge in [0.25, 0.3) is 0 Å². The average Bonchev–Trinajstić information content (AvgIpc) is 3.41. The maximum atomic E-state index is 15.2. The molecule has 4 heterocycles. The predicted molar refractivity (Wildman–Crippen MR) is 262 cm³/mol. The lowest BCUT2D eigenvalue weighted by molar-refractivity contribution is -0.373. The van der Waals surface area contributed by atoms with Gasteiger partial charge < -0.3 is 109 Å². The van der Waals surface area contributed by atoms with Gasteiger partial charge in [-0.1, -0.05) is 53.2 Å². The van der Waals surface area contributed by atoms with Gasteiger partial charge in [-0.3, -0.25) is 4.79 Å². The number of carbonyl (C=O) groups is 3. The number of esters is 2. The Balaban J connectivity index is 0.990. The molecule has 24 heteroatoms. The first-order valence-electron chi connectivity index (χ1n) is 27.6. The van der Waals surface area contributed by atoms with E-state index in [1.165, 1.54) is 6.92 Å².